The first-order chi connectivity index (χ1) is 6.59. The first-order valence-electron chi connectivity index (χ1n) is 6.02. The lowest BCUT2D eigenvalue weighted by atomic mass is 9.78. The topological polar surface area (TPSA) is 12.0 Å². The Labute approximate surface area is 96.3 Å². The van der Waals surface area contributed by atoms with E-state index in [2.05, 4.69) is 60.7 Å². The van der Waals surface area contributed by atoms with Crippen LogP contribution in [0.3, 0.4) is 0 Å². The monoisotopic (exact) mass is 211 g/mol. The van der Waals surface area contributed by atoms with E-state index in [1.54, 1.807) is 0 Å². The van der Waals surface area contributed by atoms with Crippen molar-refractivity contribution >= 4 is 0 Å². The molecule has 0 amide bonds. The Morgan fingerprint density at radius 3 is 1.80 bits per heavy atom. The molecular weight excluding hydrogens is 182 g/mol. The van der Waals surface area contributed by atoms with Crippen LogP contribution in [0.4, 0.5) is 0 Å². The van der Waals surface area contributed by atoms with E-state index in [9.17, 15) is 0 Å². The molecule has 1 heteroatoms. The standard InChI is InChI=1S/C14H29N/c1-9-13(5,6)10-14(7,8)15-12(4)11(2)3/h15H,9-10H2,1-8H3. The second-order valence-electron chi connectivity index (χ2n) is 6.33. The molecule has 0 radical (unpaired) electrons. The normalized spacial score (nSPS) is 12.5. The lowest BCUT2D eigenvalue weighted by Crippen LogP contribution is -2.42. The number of hydrogen-bond acceptors (Lipinski definition) is 1. The van der Waals surface area contributed by atoms with Crippen LogP contribution in [0.5, 0.6) is 0 Å². The van der Waals surface area contributed by atoms with Crippen molar-refractivity contribution in [2.45, 2.75) is 73.8 Å². The van der Waals surface area contributed by atoms with Gasteiger partial charge in [0.25, 0.3) is 0 Å². The summed E-state index contributed by atoms with van der Waals surface area (Å²) in [6.07, 6.45) is 2.42. The second-order valence-corrected chi connectivity index (χ2v) is 6.33. The fraction of sp³-hybridized carbons (Fsp3) is 0.857. The van der Waals surface area contributed by atoms with Crippen molar-refractivity contribution in [3.05, 3.63) is 11.3 Å². The van der Waals surface area contributed by atoms with Crippen LogP contribution in [0, 0.1) is 5.41 Å². The second kappa shape index (κ2) is 5.05. The lowest BCUT2D eigenvalue weighted by Gasteiger charge is -2.36. The summed E-state index contributed by atoms with van der Waals surface area (Å²) in [5, 5.41) is 3.63. The molecule has 0 atom stereocenters. The van der Waals surface area contributed by atoms with E-state index in [1.807, 2.05) is 0 Å². The summed E-state index contributed by atoms with van der Waals surface area (Å²) in [5.74, 6) is 0. The van der Waals surface area contributed by atoms with Crippen molar-refractivity contribution < 1.29 is 0 Å². The van der Waals surface area contributed by atoms with Gasteiger partial charge in [0.1, 0.15) is 0 Å². The maximum atomic E-state index is 3.63. The van der Waals surface area contributed by atoms with Crippen LogP contribution in [0.25, 0.3) is 0 Å². The Bertz CT molecular complexity index is 230. The van der Waals surface area contributed by atoms with E-state index in [0.717, 1.165) is 0 Å². The van der Waals surface area contributed by atoms with Gasteiger partial charge in [-0.2, -0.15) is 0 Å². The summed E-state index contributed by atoms with van der Waals surface area (Å²) in [6, 6.07) is 0. The van der Waals surface area contributed by atoms with Crippen LogP contribution in [-0.2, 0) is 0 Å². The molecule has 0 aliphatic heterocycles. The highest BCUT2D eigenvalue weighted by Gasteiger charge is 2.27. The number of hydrogen-bond donors (Lipinski definition) is 1. The molecule has 0 saturated heterocycles. The summed E-state index contributed by atoms with van der Waals surface area (Å²) in [4.78, 5) is 0. The molecular formula is C14H29N. The largest absolute Gasteiger partial charge is 0.384 e. The Morgan fingerprint density at radius 1 is 1.00 bits per heavy atom. The third-order valence-electron chi connectivity index (χ3n) is 3.15. The van der Waals surface area contributed by atoms with Crippen LogP contribution in [0.1, 0.15) is 68.2 Å². The molecule has 0 aromatic rings. The van der Waals surface area contributed by atoms with Crippen LogP contribution >= 0.6 is 0 Å². The average Bonchev–Trinajstić information content (AvgIpc) is 2.01. The van der Waals surface area contributed by atoms with Crippen molar-refractivity contribution in [2.75, 3.05) is 0 Å². The molecule has 0 aromatic carbocycles. The van der Waals surface area contributed by atoms with Crippen LogP contribution in [0.2, 0.25) is 0 Å². The Kier molecular flexibility index (Phi) is 4.89. The SMILES string of the molecule is CCC(C)(C)CC(C)(C)NC(C)=C(C)C. The average molecular weight is 211 g/mol. The third kappa shape index (κ3) is 5.86. The molecule has 0 aliphatic carbocycles. The minimum atomic E-state index is 0.181. The van der Waals surface area contributed by atoms with Gasteiger partial charge in [0.2, 0.25) is 0 Å². The summed E-state index contributed by atoms with van der Waals surface area (Å²) in [5.41, 5.74) is 3.28. The molecule has 90 valence electrons. The van der Waals surface area contributed by atoms with Crippen LogP contribution < -0.4 is 5.32 Å². The van der Waals surface area contributed by atoms with Gasteiger partial charge in [0.05, 0.1) is 0 Å². The lowest BCUT2D eigenvalue weighted by molar-refractivity contribution is 0.226. The Hall–Kier alpha value is -0.460. The van der Waals surface area contributed by atoms with Crippen molar-refractivity contribution in [1.29, 1.82) is 0 Å². The zero-order valence-electron chi connectivity index (χ0n) is 11.9. The molecule has 1 N–H and O–H groups in total. The summed E-state index contributed by atoms with van der Waals surface area (Å²) < 4.78 is 0. The number of nitrogens with one attached hydrogen (secondary N) is 1. The Balaban J connectivity index is 4.51. The van der Waals surface area contributed by atoms with E-state index in [1.165, 1.54) is 24.1 Å². The van der Waals surface area contributed by atoms with Crippen molar-refractivity contribution in [3.63, 3.8) is 0 Å². The summed E-state index contributed by atoms with van der Waals surface area (Å²) in [7, 11) is 0. The smallest absolute Gasteiger partial charge is 0.0319 e. The van der Waals surface area contributed by atoms with Gasteiger partial charge >= 0.3 is 0 Å². The highest BCUT2D eigenvalue weighted by atomic mass is 15.0. The maximum Gasteiger partial charge on any atom is 0.0319 e. The predicted molar refractivity (Wildman–Crippen MR) is 70.0 cm³/mol. The first-order valence-corrected chi connectivity index (χ1v) is 6.02. The van der Waals surface area contributed by atoms with E-state index < -0.39 is 0 Å². The molecule has 0 unspecified atom stereocenters. The highest BCUT2D eigenvalue weighted by molar-refractivity contribution is 5.08. The van der Waals surface area contributed by atoms with E-state index in [0.29, 0.717) is 5.41 Å². The third-order valence-corrected chi connectivity index (χ3v) is 3.15. The molecule has 0 fully saturated rings. The zero-order chi connectivity index (χ0) is 12.3. The molecule has 15 heavy (non-hydrogen) atoms. The summed E-state index contributed by atoms with van der Waals surface area (Å²) in [6.45, 7) is 18.0. The van der Waals surface area contributed by atoms with Gasteiger partial charge in [0, 0.05) is 11.2 Å². The van der Waals surface area contributed by atoms with Gasteiger partial charge < -0.3 is 5.32 Å². The fourth-order valence-corrected chi connectivity index (χ4v) is 2.00. The van der Waals surface area contributed by atoms with E-state index >= 15 is 0 Å². The number of rotatable bonds is 5. The molecule has 0 spiro atoms. The minimum absolute atomic E-state index is 0.181. The van der Waals surface area contributed by atoms with Crippen molar-refractivity contribution in [3.8, 4) is 0 Å². The van der Waals surface area contributed by atoms with Gasteiger partial charge in [-0.1, -0.05) is 32.8 Å². The molecule has 0 saturated carbocycles. The maximum absolute atomic E-state index is 3.63. The molecule has 0 bridgehead atoms. The quantitative estimate of drug-likeness (QED) is 0.706. The van der Waals surface area contributed by atoms with Gasteiger partial charge in [0.15, 0.2) is 0 Å². The minimum Gasteiger partial charge on any atom is -0.384 e. The number of allylic oxidation sites excluding steroid dienone is 2. The predicted octanol–water partition coefficient (Wildman–Crippen LogP) is 4.49. The van der Waals surface area contributed by atoms with Gasteiger partial charge in [-0.3, -0.25) is 0 Å². The molecule has 0 aromatic heterocycles. The van der Waals surface area contributed by atoms with E-state index in [-0.39, 0.29) is 5.54 Å². The highest BCUT2D eigenvalue weighted by Crippen LogP contribution is 2.31. The van der Waals surface area contributed by atoms with Gasteiger partial charge in [-0.25, -0.2) is 0 Å². The van der Waals surface area contributed by atoms with Crippen molar-refractivity contribution in [2.24, 2.45) is 5.41 Å². The van der Waals surface area contributed by atoms with E-state index in [4.69, 9.17) is 0 Å². The Morgan fingerprint density at radius 2 is 1.47 bits per heavy atom. The zero-order valence-corrected chi connectivity index (χ0v) is 11.9. The molecule has 0 heterocycles. The molecule has 0 rings (SSSR count). The molecule has 0 aliphatic rings. The first kappa shape index (κ1) is 14.5. The fourth-order valence-electron chi connectivity index (χ4n) is 2.00. The molecule has 1 nitrogen and oxygen atoms in total. The van der Waals surface area contributed by atoms with Crippen LogP contribution in [-0.4, -0.2) is 5.54 Å². The van der Waals surface area contributed by atoms with Gasteiger partial charge in [-0.05, 0) is 46.5 Å². The van der Waals surface area contributed by atoms with Crippen molar-refractivity contribution in [1.82, 2.24) is 5.32 Å². The van der Waals surface area contributed by atoms with Crippen LogP contribution in [0.15, 0.2) is 11.3 Å². The summed E-state index contributed by atoms with van der Waals surface area (Å²) >= 11 is 0. The van der Waals surface area contributed by atoms with Gasteiger partial charge in [-0.15, -0.1) is 0 Å².